The van der Waals surface area contributed by atoms with Gasteiger partial charge in [-0.1, -0.05) is 33.0 Å². The van der Waals surface area contributed by atoms with E-state index in [4.69, 9.17) is 16.3 Å². The van der Waals surface area contributed by atoms with Crippen molar-refractivity contribution in [3.05, 3.63) is 10.9 Å². The third kappa shape index (κ3) is 8.15. The van der Waals surface area contributed by atoms with Crippen molar-refractivity contribution in [2.75, 3.05) is 6.61 Å². The summed E-state index contributed by atoms with van der Waals surface area (Å²) in [5.41, 5.74) is 2.07. The minimum Gasteiger partial charge on any atom is -0.483 e. The molecule has 0 amide bonds. The molecule has 72 valence electrons. The first-order valence-electron chi connectivity index (χ1n) is 4.47. The first-order valence-corrected chi connectivity index (χ1v) is 8.42. The lowest BCUT2D eigenvalue weighted by Gasteiger charge is -2.11. The minimum atomic E-state index is -1.20. The molecule has 0 fully saturated rings. The molecule has 0 aliphatic heterocycles. The Morgan fingerprint density at radius 3 is 2.42 bits per heavy atom. The Morgan fingerprint density at radius 1 is 1.42 bits per heavy atom. The highest BCUT2D eigenvalue weighted by Gasteiger charge is 2.10. The van der Waals surface area contributed by atoms with Crippen molar-refractivity contribution < 1.29 is 4.74 Å². The lowest BCUT2D eigenvalue weighted by molar-refractivity contribution is 0.231. The van der Waals surface area contributed by atoms with E-state index in [1.807, 2.05) is 0 Å². The lowest BCUT2D eigenvalue weighted by Crippen LogP contribution is -2.16. The summed E-state index contributed by atoms with van der Waals surface area (Å²) in [5, 5.41) is 0.586. The van der Waals surface area contributed by atoms with Crippen molar-refractivity contribution in [2.45, 2.75) is 39.4 Å². The van der Waals surface area contributed by atoms with Gasteiger partial charge < -0.3 is 4.74 Å². The van der Waals surface area contributed by atoms with Gasteiger partial charge in [-0.15, -0.1) is 0 Å². The van der Waals surface area contributed by atoms with Crippen molar-refractivity contribution in [1.82, 2.24) is 0 Å². The van der Waals surface area contributed by atoms with Gasteiger partial charge in [0.15, 0.2) is 5.22 Å². The highest BCUT2D eigenvalue weighted by Crippen LogP contribution is 2.11. The van der Waals surface area contributed by atoms with Crippen molar-refractivity contribution in [1.29, 1.82) is 0 Å². The number of ether oxygens (including phenoxy) is 1. The molecule has 0 saturated carbocycles. The van der Waals surface area contributed by atoms with Crippen LogP contribution in [0.3, 0.4) is 0 Å². The fourth-order valence-corrected chi connectivity index (χ4v) is 2.52. The molecule has 0 aromatic rings. The van der Waals surface area contributed by atoms with E-state index in [-0.39, 0.29) is 0 Å². The van der Waals surface area contributed by atoms with Crippen LogP contribution in [0.1, 0.15) is 19.8 Å². The van der Waals surface area contributed by atoms with Crippen LogP contribution in [0, 0.1) is 0 Å². The van der Waals surface area contributed by atoms with Crippen LogP contribution in [0.25, 0.3) is 0 Å². The molecular formula is C9H19ClOSi. The highest BCUT2D eigenvalue weighted by atomic mass is 35.5. The maximum absolute atomic E-state index is 5.87. The normalized spacial score (nSPS) is 13.2. The van der Waals surface area contributed by atoms with Crippen molar-refractivity contribution in [2.24, 2.45) is 0 Å². The minimum absolute atomic E-state index is 0.586. The molecule has 1 nitrogen and oxygen atoms in total. The molecule has 0 heterocycles. The Labute approximate surface area is 81.8 Å². The Hall–Kier alpha value is 0.0469. The van der Waals surface area contributed by atoms with E-state index in [0.29, 0.717) is 5.22 Å². The molecule has 0 bridgehead atoms. The third-order valence-corrected chi connectivity index (χ3v) is 2.81. The second kappa shape index (κ2) is 5.65. The largest absolute Gasteiger partial charge is 0.483 e. The Morgan fingerprint density at radius 2 is 2.00 bits per heavy atom. The molecule has 0 radical (unpaired) electrons. The smallest absolute Gasteiger partial charge is 0.178 e. The summed E-state index contributed by atoms with van der Waals surface area (Å²) in [6, 6.07) is 0. The zero-order chi connectivity index (χ0) is 9.61. The van der Waals surface area contributed by atoms with Crippen LogP contribution in [0.4, 0.5) is 0 Å². The summed E-state index contributed by atoms with van der Waals surface area (Å²) < 4.78 is 5.32. The van der Waals surface area contributed by atoms with E-state index in [2.05, 4.69) is 32.3 Å². The van der Waals surface area contributed by atoms with Crippen molar-refractivity contribution in [3.8, 4) is 0 Å². The van der Waals surface area contributed by atoms with Gasteiger partial charge in [-0.25, -0.2) is 0 Å². The monoisotopic (exact) mass is 206 g/mol. The van der Waals surface area contributed by atoms with Gasteiger partial charge in [-0.05, 0) is 23.7 Å². The van der Waals surface area contributed by atoms with E-state index in [9.17, 15) is 0 Å². The molecular weight excluding hydrogens is 188 g/mol. The Bertz CT molecular complexity index is 149. The summed E-state index contributed by atoms with van der Waals surface area (Å²) >= 11 is 5.87. The van der Waals surface area contributed by atoms with Crippen LogP contribution < -0.4 is 0 Å². The number of rotatable bonds is 5. The van der Waals surface area contributed by atoms with Gasteiger partial charge in [-0.2, -0.15) is 0 Å². The first-order chi connectivity index (χ1) is 5.45. The second-order valence-corrected chi connectivity index (χ2v) is 9.41. The summed E-state index contributed by atoms with van der Waals surface area (Å²) in [4.78, 5) is 0. The Balaban J connectivity index is 3.71. The predicted molar refractivity (Wildman–Crippen MR) is 58.1 cm³/mol. The van der Waals surface area contributed by atoms with Gasteiger partial charge in [-0.3, -0.25) is 0 Å². The van der Waals surface area contributed by atoms with Gasteiger partial charge in [0, 0.05) is 0 Å². The molecule has 0 aromatic heterocycles. The van der Waals surface area contributed by atoms with E-state index >= 15 is 0 Å². The third-order valence-electron chi connectivity index (χ3n) is 1.28. The second-order valence-electron chi connectivity index (χ2n) is 4.02. The number of hydrogen-bond acceptors (Lipinski definition) is 1. The average Bonchev–Trinajstić information content (AvgIpc) is 1.84. The van der Waals surface area contributed by atoms with E-state index in [1.54, 1.807) is 0 Å². The molecule has 0 atom stereocenters. The van der Waals surface area contributed by atoms with Crippen LogP contribution in [-0.2, 0) is 4.74 Å². The quantitative estimate of drug-likeness (QED) is 0.378. The Kier molecular flexibility index (Phi) is 5.67. The molecule has 3 heteroatoms. The van der Waals surface area contributed by atoms with Gasteiger partial charge in [0.25, 0.3) is 0 Å². The van der Waals surface area contributed by atoms with Crippen molar-refractivity contribution >= 4 is 19.7 Å². The maximum atomic E-state index is 5.87. The van der Waals surface area contributed by atoms with Gasteiger partial charge in [0.05, 0.1) is 14.7 Å². The molecule has 0 aliphatic carbocycles. The molecule has 0 spiro atoms. The maximum Gasteiger partial charge on any atom is 0.178 e. The number of halogens is 1. The summed E-state index contributed by atoms with van der Waals surface area (Å²) in [6.45, 7) is 9.59. The zero-order valence-electron chi connectivity index (χ0n) is 8.48. The molecule has 0 aromatic carbocycles. The fourth-order valence-electron chi connectivity index (χ4n) is 0.696. The van der Waals surface area contributed by atoms with Crippen LogP contribution in [0.15, 0.2) is 10.9 Å². The van der Waals surface area contributed by atoms with Crippen LogP contribution in [0.5, 0.6) is 0 Å². The van der Waals surface area contributed by atoms with Crippen molar-refractivity contribution in [3.63, 3.8) is 0 Å². The van der Waals surface area contributed by atoms with E-state index < -0.39 is 8.07 Å². The average molecular weight is 207 g/mol. The summed E-state index contributed by atoms with van der Waals surface area (Å²) in [6.07, 6.45) is 2.23. The summed E-state index contributed by atoms with van der Waals surface area (Å²) in [7, 11) is -1.20. The number of hydrogen-bond donors (Lipinski definition) is 0. The van der Waals surface area contributed by atoms with Gasteiger partial charge in [0.2, 0.25) is 0 Å². The standard InChI is InChI=1S/C9H19ClOSi/c1-5-6-7-11-9(10)8-12(2,3)4/h8H,5-7H2,1-4H3/b9-8+. The van der Waals surface area contributed by atoms with Crippen LogP contribution >= 0.6 is 11.6 Å². The predicted octanol–water partition coefficient (Wildman–Crippen LogP) is 3.76. The van der Waals surface area contributed by atoms with Crippen LogP contribution in [-0.4, -0.2) is 14.7 Å². The zero-order valence-corrected chi connectivity index (χ0v) is 10.2. The fraction of sp³-hybridized carbons (Fsp3) is 0.778. The molecule has 12 heavy (non-hydrogen) atoms. The lowest BCUT2D eigenvalue weighted by atomic mass is 10.4. The van der Waals surface area contributed by atoms with Gasteiger partial charge in [0.1, 0.15) is 0 Å². The number of unbranched alkanes of at least 4 members (excludes halogenated alkanes) is 1. The SMILES string of the molecule is CCCCO/C(Cl)=C/[Si](C)(C)C. The molecule has 0 unspecified atom stereocenters. The molecule has 0 aliphatic rings. The van der Waals surface area contributed by atoms with E-state index in [0.717, 1.165) is 19.4 Å². The first kappa shape index (κ1) is 12.0. The molecule has 0 N–H and O–H groups in total. The van der Waals surface area contributed by atoms with Gasteiger partial charge >= 0.3 is 0 Å². The van der Waals surface area contributed by atoms with Crippen LogP contribution in [0.2, 0.25) is 19.6 Å². The highest BCUT2D eigenvalue weighted by molar-refractivity contribution is 6.81. The molecule has 0 rings (SSSR count). The summed E-state index contributed by atoms with van der Waals surface area (Å²) in [5.74, 6) is 0. The topological polar surface area (TPSA) is 9.23 Å². The van der Waals surface area contributed by atoms with E-state index in [1.165, 1.54) is 0 Å². The molecule has 0 saturated heterocycles.